The SMILES string of the molecule is CC(=O)Nc1c(I)c(C(=O)NCCO)c(I)c(C(=O)ONC(=O)c2ccccc2C)c1I. The first-order valence-electron chi connectivity index (χ1n) is 9.04. The Hall–Kier alpha value is -1.53. The zero-order valence-corrected chi connectivity index (χ0v) is 23.3. The lowest BCUT2D eigenvalue weighted by Crippen LogP contribution is -2.31. The quantitative estimate of drug-likeness (QED) is 0.264. The van der Waals surface area contributed by atoms with Crippen molar-refractivity contribution in [3.63, 3.8) is 0 Å². The van der Waals surface area contributed by atoms with Crippen LogP contribution in [0.1, 0.15) is 43.6 Å². The van der Waals surface area contributed by atoms with E-state index in [1.54, 1.807) is 31.2 Å². The Balaban J connectivity index is 2.45. The van der Waals surface area contributed by atoms with E-state index < -0.39 is 23.7 Å². The number of aliphatic hydroxyl groups excluding tert-OH is 1. The summed E-state index contributed by atoms with van der Waals surface area (Å²) in [6.45, 7) is 2.80. The molecule has 4 N–H and O–H groups in total. The molecule has 0 heterocycles. The van der Waals surface area contributed by atoms with Crippen molar-refractivity contribution in [2.45, 2.75) is 13.8 Å². The molecule has 0 aliphatic carbocycles. The number of rotatable bonds is 6. The summed E-state index contributed by atoms with van der Waals surface area (Å²) in [5.74, 6) is -2.43. The average molecular weight is 777 g/mol. The number of carbonyl (C=O) groups is 4. The number of hydrogen-bond donors (Lipinski definition) is 4. The molecule has 2 aromatic carbocycles. The van der Waals surface area contributed by atoms with Gasteiger partial charge in [0.25, 0.3) is 11.8 Å². The smallest absolute Gasteiger partial charge is 0.365 e. The van der Waals surface area contributed by atoms with E-state index in [-0.39, 0.29) is 33.5 Å². The van der Waals surface area contributed by atoms with E-state index in [1.807, 2.05) is 67.8 Å². The number of hydrogen-bond acceptors (Lipinski definition) is 6. The molecule has 170 valence electrons. The van der Waals surface area contributed by atoms with Gasteiger partial charge in [-0.25, -0.2) is 4.79 Å². The minimum absolute atomic E-state index is 0.00889. The molecule has 0 saturated heterocycles. The molecule has 0 unspecified atom stereocenters. The van der Waals surface area contributed by atoms with Crippen LogP contribution >= 0.6 is 67.8 Å². The fraction of sp³-hybridized carbons (Fsp3) is 0.200. The summed E-state index contributed by atoms with van der Waals surface area (Å²) < 4.78 is 1.04. The fourth-order valence-electron chi connectivity index (χ4n) is 2.61. The number of aryl methyl sites for hydroxylation is 1. The monoisotopic (exact) mass is 777 g/mol. The van der Waals surface area contributed by atoms with Gasteiger partial charge in [0.05, 0.1) is 30.6 Å². The van der Waals surface area contributed by atoms with Crippen molar-refractivity contribution in [1.82, 2.24) is 10.8 Å². The van der Waals surface area contributed by atoms with Crippen LogP contribution in [0.4, 0.5) is 5.69 Å². The predicted octanol–water partition coefficient (Wildman–Crippen LogP) is 2.99. The number of amides is 3. The Morgan fingerprint density at radius 3 is 2.19 bits per heavy atom. The number of benzene rings is 2. The summed E-state index contributed by atoms with van der Waals surface area (Å²) in [7, 11) is 0. The van der Waals surface area contributed by atoms with Crippen molar-refractivity contribution in [3.05, 3.63) is 57.2 Å². The van der Waals surface area contributed by atoms with Gasteiger partial charge >= 0.3 is 5.97 Å². The van der Waals surface area contributed by atoms with Gasteiger partial charge in [0, 0.05) is 22.6 Å². The highest BCUT2D eigenvalue weighted by atomic mass is 127. The van der Waals surface area contributed by atoms with Gasteiger partial charge in [0.1, 0.15) is 0 Å². The van der Waals surface area contributed by atoms with Gasteiger partial charge < -0.3 is 20.6 Å². The maximum absolute atomic E-state index is 12.9. The predicted molar refractivity (Wildman–Crippen MR) is 142 cm³/mol. The summed E-state index contributed by atoms with van der Waals surface area (Å²) in [6, 6.07) is 6.81. The third-order valence-electron chi connectivity index (χ3n) is 4.07. The number of nitrogens with one attached hydrogen (secondary N) is 3. The highest BCUT2D eigenvalue weighted by molar-refractivity contribution is 14.1. The highest BCUT2D eigenvalue weighted by Gasteiger charge is 2.29. The van der Waals surface area contributed by atoms with Crippen LogP contribution < -0.4 is 16.1 Å². The zero-order chi connectivity index (χ0) is 24.0. The molecule has 0 spiro atoms. The molecule has 0 saturated carbocycles. The molecule has 0 radical (unpaired) electrons. The number of carbonyl (C=O) groups excluding carboxylic acids is 4. The first-order valence-corrected chi connectivity index (χ1v) is 12.3. The molecule has 0 aromatic heterocycles. The number of halogens is 3. The molecule has 32 heavy (non-hydrogen) atoms. The van der Waals surface area contributed by atoms with Gasteiger partial charge in [-0.15, -0.1) is 0 Å². The Morgan fingerprint density at radius 1 is 0.969 bits per heavy atom. The summed E-state index contributed by atoms with van der Waals surface area (Å²) in [4.78, 5) is 54.7. The molecule has 0 aliphatic heterocycles. The molecule has 0 aliphatic rings. The third kappa shape index (κ3) is 6.28. The molecule has 3 amide bonds. The van der Waals surface area contributed by atoms with E-state index in [0.29, 0.717) is 18.3 Å². The van der Waals surface area contributed by atoms with Crippen molar-refractivity contribution < 1.29 is 29.1 Å². The number of aliphatic hydroxyl groups is 1. The average Bonchev–Trinajstić information content (AvgIpc) is 2.73. The van der Waals surface area contributed by atoms with Crippen LogP contribution in [0.5, 0.6) is 0 Å². The summed E-state index contributed by atoms with van der Waals surface area (Å²) >= 11 is 5.62. The van der Waals surface area contributed by atoms with Gasteiger partial charge in [-0.3, -0.25) is 14.4 Å². The lowest BCUT2D eigenvalue weighted by Gasteiger charge is -2.18. The summed E-state index contributed by atoms with van der Waals surface area (Å²) in [5.41, 5.74) is 3.60. The summed E-state index contributed by atoms with van der Waals surface area (Å²) in [6.07, 6.45) is 0. The molecule has 0 fully saturated rings. The van der Waals surface area contributed by atoms with E-state index in [1.165, 1.54) is 6.92 Å². The van der Waals surface area contributed by atoms with Gasteiger partial charge in [0.15, 0.2) is 0 Å². The third-order valence-corrected chi connectivity index (χ3v) is 7.31. The molecular formula is C20H18I3N3O6. The van der Waals surface area contributed by atoms with Gasteiger partial charge in [-0.1, -0.05) is 18.2 Å². The first-order chi connectivity index (χ1) is 15.1. The molecule has 9 nitrogen and oxygen atoms in total. The maximum Gasteiger partial charge on any atom is 0.365 e. The first kappa shape index (κ1) is 26.7. The Bertz CT molecular complexity index is 1090. The molecule has 2 rings (SSSR count). The second kappa shape index (κ2) is 12.1. The fourth-order valence-corrected chi connectivity index (χ4v) is 6.98. The Morgan fingerprint density at radius 2 is 1.59 bits per heavy atom. The Kier molecular flexibility index (Phi) is 10.1. The minimum atomic E-state index is -0.903. The zero-order valence-electron chi connectivity index (χ0n) is 16.8. The lowest BCUT2D eigenvalue weighted by atomic mass is 10.1. The highest BCUT2D eigenvalue weighted by Crippen LogP contribution is 2.36. The van der Waals surface area contributed by atoms with E-state index in [9.17, 15) is 19.2 Å². The Labute approximate surface area is 224 Å². The van der Waals surface area contributed by atoms with E-state index >= 15 is 0 Å². The van der Waals surface area contributed by atoms with Crippen molar-refractivity contribution in [2.75, 3.05) is 18.5 Å². The van der Waals surface area contributed by atoms with Gasteiger partial charge in [0.2, 0.25) is 5.91 Å². The van der Waals surface area contributed by atoms with Crippen LogP contribution in [-0.4, -0.2) is 41.9 Å². The topological polar surface area (TPSA) is 134 Å². The normalized spacial score (nSPS) is 10.3. The van der Waals surface area contributed by atoms with Crippen LogP contribution in [0.15, 0.2) is 24.3 Å². The van der Waals surface area contributed by atoms with Crippen LogP contribution in [0.2, 0.25) is 0 Å². The van der Waals surface area contributed by atoms with Crippen LogP contribution in [0.25, 0.3) is 0 Å². The molecule has 2 aromatic rings. The van der Waals surface area contributed by atoms with Crippen LogP contribution in [0, 0.1) is 17.6 Å². The van der Waals surface area contributed by atoms with Crippen LogP contribution in [-0.2, 0) is 9.63 Å². The molecule has 0 bridgehead atoms. The van der Waals surface area contributed by atoms with Crippen molar-refractivity contribution in [2.24, 2.45) is 0 Å². The second-order valence-corrected chi connectivity index (χ2v) is 9.60. The lowest BCUT2D eigenvalue weighted by molar-refractivity contribution is -0.114. The minimum Gasteiger partial charge on any atom is -0.395 e. The van der Waals surface area contributed by atoms with E-state index in [0.717, 1.165) is 0 Å². The second-order valence-electron chi connectivity index (χ2n) is 6.36. The number of hydroxylamine groups is 1. The standard InChI is InChI=1S/C20H18I3N3O6/c1-9-5-3-4-6-11(9)18(29)26-32-20(31)13-14(21)12(19(30)24-7-8-27)15(22)17(16(13)23)25-10(2)28/h3-6,27H,7-8H2,1-2H3,(H,24,30)(H,25,28)(H,26,29). The van der Waals surface area contributed by atoms with E-state index in [4.69, 9.17) is 9.94 Å². The number of anilines is 1. The van der Waals surface area contributed by atoms with Gasteiger partial charge in [-0.05, 0) is 86.3 Å². The largest absolute Gasteiger partial charge is 0.395 e. The van der Waals surface area contributed by atoms with Crippen molar-refractivity contribution >= 4 is 97.2 Å². The van der Waals surface area contributed by atoms with Crippen molar-refractivity contribution in [1.29, 1.82) is 0 Å². The summed E-state index contributed by atoms with van der Waals surface area (Å²) in [5, 5.41) is 14.2. The van der Waals surface area contributed by atoms with Crippen LogP contribution in [0.3, 0.4) is 0 Å². The molecule has 12 heteroatoms. The molecule has 0 atom stereocenters. The molecular weight excluding hydrogens is 759 g/mol. The van der Waals surface area contributed by atoms with Gasteiger partial charge in [-0.2, -0.15) is 5.48 Å². The van der Waals surface area contributed by atoms with E-state index in [2.05, 4.69) is 16.1 Å². The van der Waals surface area contributed by atoms with Crippen molar-refractivity contribution in [3.8, 4) is 0 Å². The maximum atomic E-state index is 12.9.